The molecule has 136 valence electrons. The number of aromatic amines is 1. The number of fused-ring (bicyclic) bond motifs is 3. The minimum absolute atomic E-state index is 0.0867. The average Bonchev–Trinajstić information content (AvgIpc) is 2.93. The molecule has 1 aliphatic heterocycles. The van der Waals surface area contributed by atoms with E-state index in [1.165, 1.54) is 30.2 Å². The predicted octanol–water partition coefficient (Wildman–Crippen LogP) is 3.62. The fourth-order valence-corrected chi connectivity index (χ4v) is 6.28. The molecule has 0 radical (unpaired) electrons. The number of aromatic nitrogens is 3. The van der Waals surface area contributed by atoms with Crippen molar-refractivity contribution in [3.63, 3.8) is 0 Å². The Labute approximate surface area is 162 Å². The van der Waals surface area contributed by atoms with Crippen molar-refractivity contribution in [2.24, 2.45) is 7.05 Å². The van der Waals surface area contributed by atoms with E-state index in [0.29, 0.717) is 6.04 Å². The van der Waals surface area contributed by atoms with E-state index in [1.807, 2.05) is 11.7 Å². The van der Waals surface area contributed by atoms with Crippen LogP contribution in [0.15, 0.2) is 4.79 Å². The maximum absolute atomic E-state index is 12.6. The van der Waals surface area contributed by atoms with Gasteiger partial charge in [-0.25, -0.2) is 0 Å². The number of pyridine rings is 1. The molecule has 0 bridgehead atoms. The quantitative estimate of drug-likeness (QED) is 0.429. The summed E-state index contributed by atoms with van der Waals surface area (Å²) in [6.07, 6.45) is 7.79. The molecule has 6 heteroatoms. The van der Waals surface area contributed by atoms with E-state index >= 15 is 0 Å². The van der Waals surface area contributed by atoms with Crippen LogP contribution >= 0.6 is 22.6 Å². The number of hydrogen-bond donors (Lipinski definition) is 1. The van der Waals surface area contributed by atoms with Crippen LogP contribution in [0.4, 0.5) is 0 Å². The molecule has 0 spiro atoms. The summed E-state index contributed by atoms with van der Waals surface area (Å²) in [7, 11) is 1.96. The average molecular weight is 454 g/mol. The second-order valence-electron chi connectivity index (χ2n) is 7.82. The molecule has 0 saturated carbocycles. The molecular formula is C19H27IN4O. The van der Waals surface area contributed by atoms with Crippen molar-refractivity contribution in [1.82, 2.24) is 19.7 Å². The lowest BCUT2D eigenvalue weighted by Crippen LogP contribution is -2.49. The lowest BCUT2D eigenvalue weighted by atomic mass is 9.88. The highest BCUT2D eigenvalue weighted by molar-refractivity contribution is 14.1. The Bertz CT molecular complexity index is 868. The van der Waals surface area contributed by atoms with Gasteiger partial charge in [0.1, 0.15) is 14.9 Å². The minimum atomic E-state index is -0.0901. The number of nitrogens with one attached hydrogen (secondary N) is 1. The number of likely N-dealkylation sites (tertiary alicyclic amines) is 1. The molecule has 1 atom stereocenters. The van der Waals surface area contributed by atoms with Crippen LogP contribution in [0.1, 0.15) is 62.8 Å². The number of rotatable bonds is 2. The Morgan fingerprint density at radius 3 is 2.60 bits per heavy atom. The number of aryl methyl sites for hydroxylation is 2. The number of alkyl halides is 1. The van der Waals surface area contributed by atoms with E-state index in [9.17, 15) is 4.79 Å². The Hall–Kier alpha value is -0.890. The Morgan fingerprint density at radius 1 is 1.16 bits per heavy atom. The molecule has 0 amide bonds. The summed E-state index contributed by atoms with van der Waals surface area (Å²) in [6, 6.07) is 0.479. The molecule has 1 aliphatic carbocycles. The Balaban J connectivity index is 2.00. The molecule has 25 heavy (non-hydrogen) atoms. The summed E-state index contributed by atoms with van der Waals surface area (Å²) >= 11 is 2.64. The summed E-state index contributed by atoms with van der Waals surface area (Å²) in [5.41, 5.74) is 4.40. The van der Waals surface area contributed by atoms with Gasteiger partial charge in [0.15, 0.2) is 0 Å². The first-order valence-electron chi connectivity index (χ1n) is 9.50. The third-order valence-electron chi connectivity index (χ3n) is 5.92. The fraction of sp³-hybridized carbons (Fsp3) is 0.684. The van der Waals surface area contributed by atoms with Crippen LogP contribution in [-0.2, 0) is 23.4 Å². The maximum Gasteiger partial charge on any atom is 0.253 e. The lowest BCUT2D eigenvalue weighted by Gasteiger charge is -2.45. The highest BCUT2D eigenvalue weighted by Crippen LogP contribution is 2.47. The second-order valence-corrected chi connectivity index (χ2v) is 9.60. The predicted molar refractivity (Wildman–Crippen MR) is 109 cm³/mol. The van der Waals surface area contributed by atoms with Crippen molar-refractivity contribution < 1.29 is 0 Å². The van der Waals surface area contributed by atoms with Gasteiger partial charge in [-0.15, -0.1) is 0 Å². The molecule has 1 N–H and O–H groups in total. The normalized spacial score (nSPS) is 24.8. The summed E-state index contributed by atoms with van der Waals surface area (Å²) in [5.74, 6) is 0. The van der Waals surface area contributed by atoms with Crippen molar-refractivity contribution >= 4 is 33.6 Å². The molecule has 1 saturated heterocycles. The summed E-state index contributed by atoms with van der Waals surface area (Å²) in [4.78, 5) is 18.3. The zero-order chi connectivity index (χ0) is 17.8. The third-order valence-corrected chi connectivity index (χ3v) is 7.59. The van der Waals surface area contributed by atoms with Crippen LogP contribution in [0, 0.1) is 0 Å². The van der Waals surface area contributed by atoms with E-state index in [0.717, 1.165) is 49.1 Å². The van der Waals surface area contributed by atoms with Gasteiger partial charge in [0.2, 0.25) is 0 Å². The highest BCUT2D eigenvalue weighted by atomic mass is 127. The van der Waals surface area contributed by atoms with Gasteiger partial charge in [0, 0.05) is 30.6 Å². The van der Waals surface area contributed by atoms with Crippen LogP contribution in [-0.4, -0.2) is 32.3 Å². The Morgan fingerprint density at radius 2 is 1.88 bits per heavy atom. The number of piperidine rings is 1. The van der Waals surface area contributed by atoms with Gasteiger partial charge in [0.05, 0.1) is 0 Å². The van der Waals surface area contributed by atoms with Crippen LogP contribution in [0.5, 0.6) is 0 Å². The first-order valence-corrected chi connectivity index (χ1v) is 10.6. The summed E-state index contributed by atoms with van der Waals surface area (Å²) in [6.45, 7) is 5.67. The molecule has 3 heterocycles. The standard InChI is InChI=1S/C19H27IN4O/c1-12(2)24-11-7-6-10-19(24,20)16-15-13-8-4-5-9-14(13)18(25)21-17(15)23(3)22-16/h12H,4-11H2,1-3H3,(H,21,25)/t19-/m1/s1. The van der Waals surface area contributed by atoms with Gasteiger partial charge in [0.25, 0.3) is 5.56 Å². The van der Waals surface area contributed by atoms with Crippen LogP contribution in [0.3, 0.4) is 0 Å². The molecule has 0 unspecified atom stereocenters. The first kappa shape index (κ1) is 17.5. The number of nitrogens with zero attached hydrogens (tertiary/aromatic N) is 3. The van der Waals surface area contributed by atoms with Crippen LogP contribution < -0.4 is 5.56 Å². The van der Waals surface area contributed by atoms with E-state index in [-0.39, 0.29) is 9.10 Å². The van der Waals surface area contributed by atoms with E-state index in [4.69, 9.17) is 5.10 Å². The van der Waals surface area contributed by atoms with Crippen molar-refractivity contribution in [3.05, 3.63) is 27.2 Å². The van der Waals surface area contributed by atoms with Crippen molar-refractivity contribution in [2.75, 3.05) is 6.54 Å². The van der Waals surface area contributed by atoms with E-state index < -0.39 is 0 Å². The zero-order valence-corrected chi connectivity index (χ0v) is 17.5. The zero-order valence-electron chi connectivity index (χ0n) is 15.4. The van der Waals surface area contributed by atoms with E-state index in [2.05, 4.69) is 46.3 Å². The van der Waals surface area contributed by atoms with Gasteiger partial charge >= 0.3 is 0 Å². The topological polar surface area (TPSA) is 53.9 Å². The molecular weight excluding hydrogens is 427 g/mol. The van der Waals surface area contributed by atoms with Crippen molar-refractivity contribution in [3.8, 4) is 0 Å². The van der Waals surface area contributed by atoms with Gasteiger partial charge in [-0.05, 0) is 64.4 Å². The summed E-state index contributed by atoms with van der Waals surface area (Å²) < 4.78 is 1.79. The fourth-order valence-electron chi connectivity index (χ4n) is 4.72. The molecule has 1 fully saturated rings. The van der Waals surface area contributed by atoms with Crippen LogP contribution in [0.25, 0.3) is 11.0 Å². The largest absolute Gasteiger partial charge is 0.307 e. The molecule has 2 aliphatic rings. The molecule has 5 nitrogen and oxygen atoms in total. The van der Waals surface area contributed by atoms with Crippen molar-refractivity contribution in [2.45, 2.75) is 68.4 Å². The minimum Gasteiger partial charge on any atom is -0.307 e. The van der Waals surface area contributed by atoms with E-state index in [1.54, 1.807) is 0 Å². The number of hydrogen-bond acceptors (Lipinski definition) is 3. The van der Waals surface area contributed by atoms with Gasteiger partial charge < -0.3 is 4.98 Å². The highest BCUT2D eigenvalue weighted by Gasteiger charge is 2.43. The SMILES string of the molecule is CC(C)N1CCCC[C@]1(I)c1nn(C)c2[nH]c(=O)c3c(c12)CCCC3. The molecule has 0 aromatic carbocycles. The van der Waals surface area contributed by atoms with Gasteiger partial charge in [-0.2, -0.15) is 5.10 Å². The Kier molecular flexibility index (Phi) is 4.46. The van der Waals surface area contributed by atoms with Gasteiger partial charge in [-0.1, -0.05) is 22.6 Å². The first-order chi connectivity index (χ1) is 11.9. The lowest BCUT2D eigenvalue weighted by molar-refractivity contribution is 0.0958. The number of halogens is 1. The second kappa shape index (κ2) is 6.37. The van der Waals surface area contributed by atoms with Gasteiger partial charge in [-0.3, -0.25) is 14.4 Å². The maximum atomic E-state index is 12.6. The summed E-state index contributed by atoms with van der Waals surface area (Å²) in [5, 5.41) is 6.19. The monoisotopic (exact) mass is 454 g/mol. The smallest absolute Gasteiger partial charge is 0.253 e. The van der Waals surface area contributed by atoms with Crippen LogP contribution in [0.2, 0.25) is 0 Å². The number of H-pyrrole nitrogens is 1. The molecule has 2 aromatic heterocycles. The molecule has 4 rings (SSSR count). The van der Waals surface area contributed by atoms with Crippen molar-refractivity contribution in [1.29, 1.82) is 0 Å². The molecule has 2 aromatic rings. The third kappa shape index (κ3) is 2.67.